The smallest absolute Gasteiger partial charge is 0.276 e. The molecule has 1 spiro atoms. The second-order valence-corrected chi connectivity index (χ2v) is 6.81. The summed E-state index contributed by atoms with van der Waals surface area (Å²) < 4.78 is 1.85. The van der Waals surface area contributed by atoms with E-state index in [1.165, 1.54) is 6.33 Å². The Labute approximate surface area is 144 Å². The normalized spacial score (nSPS) is 19.4. The first kappa shape index (κ1) is 15.6. The molecular weight excluding hydrogens is 328 g/mol. The molecular formula is C16H19ClN6O. The molecule has 2 aromatic heterocycles. The van der Waals surface area contributed by atoms with Crippen LogP contribution in [-0.2, 0) is 12.2 Å². The lowest BCUT2D eigenvalue weighted by Crippen LogP contribution is -2.53. The van der Waals surface area contributed by atoms with Gasteiger partial charge in [-0.15, -0.1) is 0 Å². The van der Waals surface area contributed by atoms with Crippen LogP contribution in [0.5, 0.6) is 0 Å². The lowest BCUT2D eigenvalue weighted by atomic mass is 9.97. The Kier molecular flexibility index (Phi) is 3.79. The standard InChI is InChI=1S/C16H19ClN6O/c1-22-6-3-16(4-7-22)20-9-13-11(17)8-12(15(24)23(13)16)21-14-2-5-18-10-19-14/h2,5,8,10,20H,3-4,6-7,9H2,1H3,(H,18,19,21). The first-order chi connectivity index (χ1) is 11.6. The van der Waals surface area contributed by atoms with Crippen LogP contribution in [0.3, 0.4) is 0 Å². The highest BCUT2D eigenvalue weighted by molar-refractivity contribution is 6.31. The van der Waals surface area contributed by atoms with Crippen LogP contribution in [0.15, 0.2) is 29.5 Å². The van der Waals surface area contributed by atoms with E-state index in [9.17, 15) is 4.79 Å². The van der Waals surface area contributed by atoms with Gasteiger partial charge in [0.15, 0.2) is 0 Å². The van der Waals surface area contributed by atoms with E-state index in [1.807, 2.05) is 4.57 Å². The Morgan fingerprint density at radius 2 is 2.17 bits per heavy atom. The summed E-state index contributed by atoms with van der Waals surface area (Å²) in [5, 5.41) is 7.19. The fourth-order valence-corrected chi connectivity index (χ4v) is 3.81. The molecule has 2 N–H and O–H groups in total. The van der Waals surface area contributed by atoms with Gasteiger partial charge in [0.1, 0.15) is 23.5 Å². The quantitative estimate of drug-likeness (QED) is 0.858. The SMILES string of the molecule is CN1CCC2(CC1)NCc1c(Cl)cc(Nc3ccncn3)c(=O)n12. The van der Waals surface area contributed by atoms with Gasteiger partial charge in [0.05, 0.1) is 10.7 Å². The molecule has 0 atom stereocenters. The predicted octanol–water partition coefficient (Wildman–Crippen LogP) is 1.52. The molecule has 1 saturated heterocycles. The molecule has 0 radical (unpaired) electrons. The van der Waals surface area contributed by atoms with Crippen molar-refractivity contribution >= 4 is 23.1 Å². The average molecular weight is 347 g/mol. The maximum Gasteiger partial charge on any atom is 0.276 e. The van der Waals surface area contributed by atoms with Gasteiger partial charge >= 0.3 is 0 Å². The monoisotopic (exact) mass is 346 g/mol. The number of nitrogens with one attached hydrogen (secondary N) is 2. The molecule has 4 rings (SSSR count). The summed E-state index contributed by atoms with van der Waals surface area (Å²) in [4.78, 5) is 23.4. The predicted molar refractivity (Wildman–Crippen MR) is 92.6 cm³/mol. The summed E-state index contributed by atoms with van der Waals surface area (Å²) in [6, 6.07) is 3.41. The Bertz CT molecular complexity index is 813. The largest absolute Gasteiger partial charge is 0.336 e. The van der Waals surface area contributed by atoms with Gasteiger partial charge in [-0.25, -0.2) is 9.97 Å². The van der Waals surface area contributed by atoms with Crippen LogP contribution in [-0.4, -0.2) is 39.6 Å². The van der Waals surface area contributed by atoms with Crippen LogP contribution in [0.25, 0.3) is 0 Å². The van der Waals surface area contributed by atoms with Gasteiger partial charge in [0.2, 0.25) is 0 Å². The first-order valence-electron chi connectivity index (χ1n) is 8.01. The molecule has 1 fully saturated rings. The zero-order valence-corrected chi connectivity index (χ0v) is 14.2. The molecule has 7 nitrogen and oxygen atoms in total. The molecule has 4 heterocycles. The number of hydrogen-bond acceptors (Lipinski definition) is 6. The Morgan fingerprint density at radius 1 is 1.38 bits per heavy atom. The third kappa shape index (κ3) is 2.49. The number of hydrogen-bond donors (Lipinski definition) is 2. The number of halogens is 1. The number of anilines is 2. The van der Waals surface area contributed by atoms with Crippen LogP contribution in [0.1, 0.15) is 18.5 Å². The summed E-state index contributed by atoms with van der Waals surface area (Å²) in [5.74, 6) is 0.571. The number of piperidine rings is 1. The lowest BCUT2D eigenvalue weighted by molar-refractivity contribution is 0.110. The summed E-state index contributed by atoms with van der Waals surface area (Å²) in [6.07, 6.45) is 4.82. The van der Waals surface area contributed by atoms with Crippen molar-refractivity contribution in [3.05, 3.63) is 45.7 Å². The van der Waals surface area contributed by atoms with Crippen LogP contribution in [0.4, 0.5) is 11.5 Å². The van der Waals surface area contributed by atoms with Crippen molar-refractivity contribution in [2.75, 3.05) is 25.5 Å². The molecule has 0 bridgehead atoms. The number of aromatic nitrogens is 3. The minimum absolute atomic E-state index is 0.0671. The van der Waals surface area contributed by atoms with Crippen molar-refractivity contribution in [2.24, 2.45) is 0 Å². The van der Waals surface area contributed by atoms with Gasteiger partial charge < -0.3 is 10.2 Å². The van der Waals surface area contributed by atoms with E-state index in [2.05, 4.69) is 32.5 Å². The second kappa shape index (κ2) is 5.84. The minimum Gasteiger partial charge on any atom is -0.336 e. The molecule has 24 heavy (non-hydrogen) atoms. The minimum atomic E-state index is -0.341. The third-order valence-electron chi connectivity index (χ3n) is 4.92. The number of pyridine rings is 1. The summed E-state index contributed by atoms with van der Waals surface area (Å²) in [6.45, 7) is 2.51. The Hall–Kier alpha value is -1.96. The van der Waals surface area contributed by atoms with E-state index in [0.29, 0.717) is 23.1 Å². The van der Waals surface area contributed by atoms with Crippen LogP contribution in [0, 0.1) is 0 Å². The zero-order valence-electron chi connectivity index (χ0n) is 13.4. The van der Waals surface area contributed by atoms with Gasteiger partial charge in [-0.2, -0.15) is 0 Å². The highest BCUT2D eigenvalue weighted by atomic mass is 35.5. The Balaban J connectivity index is 1.78. The van der Waals surface area contributed by atoms with E-state index in [4.69, 9.17) is 11.6 Å². The summed E-state index contributed by atoms with van der Waals surface area (Å²) in [5.41, 5.74) is 0.887. The molecule has 126 valence electrons. The van der Waals surface area contributed by atoms with Gasteiger partial charge in [-0.05, 0) is 32.0 Å². The molecule has 0 saturated carbocycles. The van der Waals surface area contributed by atoms with Crippen LogP contribution < -0.4 is 16.2 Å². The number of rotatable bonds is 2. The molecule has 0 unspecified atom stereocenters. The Morgan fingerprint density at radius 3 is 2.88 bits per heavy atom. The number of fused-ring (bicyclic) bond motifs is 2. The van der Waals surface area contributed by atoms with E-state index in [-0.39, 0.29) is 11.2 Å². The van der Waals surface area contributed by atoms with Crippen LogP contribution in [0.2, 0.25) is 5.02 Å². The molecule has 0 aromatic carbocycles. The van der Waals surface area contributed by atoms with E-state index in [0.717, 1.165) is 31.6 Å². The van der Waals surface area contributed by atoms with Crippen molar-refractivity contribution in [3.63, 3.8) is 0 Å². The topological polar surface area (TPSA) is 75.1 Å². The summed E-state index contributed by atoms with van der Waals surface area (Å²) >= 11 is 6.46. The molecule has 2 aromatic rings. The van der Waals surface area contributed by atoms with Gasteiger partial charge in [0, 0.05) is 25.8 Å². The lowest BCUT2D eigenvalue weighted by Gasteiger charge is -2.39. The van der Waals surface area contributed by atoms with Crippen molar-refractivity contribution in [1.82, 2.24) is 24.8 Å². The van der Waals surface area contributed by atoms with Crippen molar-refractivity contribution < 1.29 is 0 Å². The maximum absolute atomic E-state index is 13.1. The highest BCUT2D eigenvalue weighted by Crippen LogP contribution is 2.35. The molecule has 0 amide bonds. The van der Waals surface area contributed by atoms with E-state index >= 15 is 0 Å². The van der Waals surface area contributed by atoms with Gasteiger partial charge in [-0.3, -0.25) is 14.7 Å². The molecule has 0 aliphatic carbocycles. The zero-order chi connectivity index (χ0) is 16.7. The highest BCUT2D eigenvalue weighted by Gasteiger charge is 2.42. The average Bonchev–Trinajstić information content (AvgIpc) is 2.96. The second-order valence-electron chi connectivity index (χ2n) is 6.40. The number of likely N-dealkylation sites (tertiary alicyclic amines) is 1. The fourth-order valence-electron chi connectivity index (χ4n) is 3.55. The van der Waals surface area contributed by atoms with Crippen molar-refractivity contribution in [3.8, 4) is 0 Å². The molecule has 8 heteroatoms. The van der Waals surface area contributed by atoms with Crippen LogP contribution >= 0.6 is 11.6 Å². The number of nitrogens with zero attached hydrogens (tertiary/aromatic N) is 4. The van der Waals surface area contributed by atoms with Gasteiger partial charge in [0.25, 0.3) is 5.56 Å². The first-order valence-corrected chi connectivity index (χ1v) is 8.38. The van der Waals surface area contributed by atoms with Crippen molar-refractivity contribution in [2.45, 2.75) is 25.0 Å². The third-order valence-corrected chi connectivity index (χ3v) is 5.25. The molecule has 2 aliphatic heterocycles. The molecule has 2 aliphatic rings. The van der Waals surface area contributed by atoms with E-state index < -0.39 is 0 Å². The maximum atomic E-state index is 13.1. The van der Waals surface area contributed by atoms with Crippen molar-refractivity contribution in [1.29, 1.82) is 0 Å². The van der Waals surface area contributed by atoms with E-state index in [1.54, 1.807) is 18.3 Å². The fraction of sp³-hybridized carbons (Fsp3) is 0.438. The van der Waals surface area contributed by atoms with Gasteiger partial charge in [-0.1, -0.05) is 11.6 Å². The summed E-state index contributed by atoms with van der Waals surface area (Å²) in [7, 11) is 2.10.